The summed E-state index contributed by atoms with van der Waals surface area (Å²) in [5.74, 6) is 1.49. The van der Waals surface area contributed by atoms with Crippen LogP contribution in [0.25, 0.3) is 0 Å². The van der Waals surface area contributed by atoms with E-state index < -0.39 is 6.10 Å². The first-order chi connectivity index (χ1) is 12.2. The van der Waals surface area contributed by atoms with Crippen LogP contribution >= 0.6 is 0 Å². The lowest BCUT2D eigenvalue weighted by atomic mass is 10.0. The molecule has 1 N–H and O–H groups in total. The molecule has 0 spiro atoms. The predicted octanol–water partition coefficient (Wildman–Crippen LogP) is 3.24. The van der Waals surface area contributed by atoms with Gasteiger partial charge >= 0.3 is 0 Å². The summed E-state index contributed by atoms with van der Waals surface area (Å²) >= 11 is 0. The van der Waals surface area contributed by atoms with E-state index in [4.69, 9.17) is 14.2 Å². The summed E-state index contributed by atoms with van der Waals surface area (Å²) in [6, 6.07) is 15.4. The van der Waals surface area contributed by atoms with Gasteiger partial charge in [-0.25, -0.2) is 0 Å². The minimum absolute atomic E-state index is 0.0414. The Bertz CT molecular complexity index is 731. The average molecular weight is 341 g/mol. The maximum atomic E-state index is 12.5. The molecular formula is C20H23NO4. The summed E-state index contributed by atoms with van der Waals surface area (Å²) in [5.41, 5.74) is 1.98. The lowest BCUT2D eigenvalue weighted by Crippen LogP contribution is -2.38. The van der Waals surface area contributed by atoms with Crippen molar-refractivity contribution in [1.82, 2.24) is 5.32 Å². The maximum Gasteiger partial charge on any atom is 0.249 e. The maximum absolute atomic E-state index is 12.5. The van der Waals surface area contributed by atoms with E-state index in [-0.39, 0.29) is 11.9 Å². The van der Waals surface area contributed by atoms with Crippen LogP contribution in [0.2, 0.25) is 0 Å². The van der Waals surface area contributed by atoms with E-state index in [2.05, 4.69) is 5.32 Å². The SMILES string of the molecule is COc1cccc(COC(C)C(=O)NC2CCOc3ccccc32)c1. The summed E-state index contributed by atoms with van der Waals surface area (Å²) in [7, 11) is 1.63. The van der Waals surface area contributed by atoms with Crippen molar-refractivity contribution in [2.75, 3.05) is 13.7 Å². The summed E-state index contributed by atoms with van der Waals surface area (Å²) in [5, 5.41) is 3.07. The second-order valence-corrected chi connectivity index (χ2v) is 6.04. The minimum Gasteiger partial charge on any atom is -0.497 e. The molecule has 0 fully saturated rings. The molecule has 0 saturated carbocycles. The number of rotatable bonds is 6. The number of ether oxygens (including phenoxy) is 3. The third kappa shape index (κ3) is 4.31. The molecule has 0 aliphatic carbocycles. The average Bonchev–Trinajstić information content (AvgIpc) is 2.66. The summed E-state index contributed by atoms with van der Waals surface area (Å²) in [6.07, 6.45) is 0.215. The Morgan fingerprint density at radius 3 is 2.96 bits per heavy atom. The van der Waals surface area contributed by atoms with Gasteiger partial charge in [0.15, 0.2) is 0 Å². The minimum atomic E-state index is -0.541. The first kappa shape index (κ1) is 17.3. The number of methoxy groups -OCH3 is 1. The van der Waals surface area contributed by atoms with Crippen LogP contribution in [-0.2, 0) is 16.1 Å². The van der Waals surface area contributed by atoms with Gasteiger partial charge in [0.2, 0.25) is 5.91 Å². The van der Waals surface area contributed by atoms with Gasteiger partial charge < -0.3 is 19.5 Å². The highest BCUT2D eigenvalue weighted by Gasteiger charge is 2.24. The number of nitrogens with one attached hydrogen (secondary N) is 1. The van der Waals surface area contributed by atoms with Crippen molar-refractivity contribution in [1.29, 1.82) is 0 Å². The fourth-order valence-electron chi connectivity index (χ4n) is 2.84. The number of carbonyl (C=O) groups is 1. The van der Waals surface area contributed by atoms with Gasteiger partial charge in [-0.1, -0.05) is 30.3 Å². The Morgan fingerprint density at radius 1 is 1.28 bits per heavy atom. The van der Waals surface area contributed by atoms with Gasteiger partial charge in [-0.05, 0) is 30.7 Å². The van der Waals surface area contributed by atoms with Crippen molar-refractivity contribution in [2.24, 2.45) is 0 Å². The van der Waals surface area contributed by atoms with Crippen LogP contribution in [0.4, 0.5) is 0 Å². The third-order valence-corrected chi connectivity index (χ3v) is 4.28. The molecule has 2 aromatic carbocycles. The first-order valence-corrected chi connectivity index (χ1v) is 8.44. The molecule has 0 radical (unpaired) electrons. The van der Waals surface area contributed by atoms with Gasteiger partial charge in [-0.15, -0.1) is 0 Å². The number of hydrogen-bond donors (Lipinski definition) is 1. The molecule has 1 aliphatic rings. The Kier molecular flexibility index (Phi) is 5.56. The molecule has 2 aromatic rings. The lowest BCUT2D eigenvalue weighted by Gasteiger charge is -2.27. The summed E-state index contributed by atoms with van der Waals surface area (Å²) in [4.78, 5) is 12.5. The summed E-state index contributed by atoms with van der Waals surface area (Å²) in [6.45, 7) is 2.72. The normalized spacial score (nSPS) is 17.1. The number of hydrogen-bond acceptors (Lipinski definition) is 4. The number of para-hydroxylation sites is 1. The fraction of sp³-hybridized carbons (Fsp3) is 0.350. The number of fused-ring (bicyclic) bond motifs is 1. The number of amides is 1. The topological polar surface area (TPSA) is 56.8 Å². The molecule has 132 valence electrons. The van der Waals surface area contributed by atoms with Crippen molar-refractivity contribution >= 4 is 5.91 Å². The van der Waals surface area contributed by atoms with Crippen molar-refractivity contribution in [3.05, 3.63) is 59.7 Å². The molecular weight excluding hydrogens is 318 g/mol. The van der Waals surface area contributed by atoms with Crippen LogP contribution in [0, 0.1) is 0 Å². The first-order valence-electron chi connectivity index (χ1n) is 8.44. The van der Waals surface area contributed by atoms with Gasteiger partial charge in [-0.2, -0.15) is 0 Å². The van der Waals surface area contributed by atoms with E-state index in [1.165, 1.54) is 0 Å². The van der Waals surface area contributed by atoms with E-state index in [0.717, 1.165) is 29.0 Å². The van der Waals surface area contributed by atoms with Gasteiger partial charge in [0.1, 0.15) is 17.6 Å². The quantitative estimate of drug-likeness (QED) is 0.876. The fourth-order valence-corrected chi connectivity index (χ4v) is 2.84. The lowest BCUT2D eigenvalue weighted by molar-refractivity contribution is -0.133. The smallest absolute Gasteiger partial charge is 0.249 e. The molecule has 1 heterocycles. The predicted molar refractivity (Wildman–Crippen MR) is 94.7 cm³/mol. The molecule has 25 heavy (non-hydrogen) atoms. The molecule has 5 heteroatoms. The molecule has 0 bridgehead atoms. The van der Waals surface area contributed by atoms with E-state index in [9.17, 15) is 4.79 Å². The van der Waals surface area contributed by atoms with Crippen molar-refractivity contribution in [3.8, 4) is 11.5 Å². The molecule has 2 atom stereocenters. The number of benzene rings is 2. The van der Waals surface area contributed by atoms with Crippen LogP contribution in [0.1, 0.15) is 30.5 Å². The van der Waals surface area contributed by atoms with Crippen molar-refractivity contribution in [2.45, 2.75) is 32.1 Å². The van der Waals surface area contributed by atoms with Crippen molar-refractivity contribution < 1.29 is 19.0 Å². The number of carbonyl (C=O) groups excluding carboxylic acids is 1. The zero-order valence-electron chi connectivity index (χ0n) is 14.5. The van der Waals surface area contributed by atoms with Gasteiger partial charge in [0.05, 0.1) is 26.4 Å². The molecule has 5 nitrogen and oxygen atoms in total. The molecule has 0 aromatic heterocycles. The van der Waals surface area contributed by atoms with E-state index >= 15 is 0 Å². The van der Waals surface area contributed by atoms with Crippen LogP contribution < -0.4 is 14.8 Å². The van der Waals surface area contributed by atoms with Gasteiger partial charge in [-0.3, -0.25) is 4.79 Å². The van der Waals surface area contributed by atoms with E-state index in [1.807, 2.05) is 48.5 Å². The van der Waals surface area contributed by atoms with Crippen molar-refractivity contribution in [3.63, 3.8) is 0 Å². The Labute approximate surface area is 147 Å². The Morgan fingerprint density at radius 2 is 2.12 bits per heavy atom. The van der Waals surface area contributed by atoms with Crippen LogP contribution in [-0.4, -0.2) is 25.7 Å². The standard InChI is InChI=1S/C20H23NO4/c1-14(25-13-15-6-5-7-16(12-15)23-2)20(22)21-18-10-11-24-19-9-4-3-8-17(18)19/h3-9,12,14,18H,10-11,13H2,1-2H3,(H,21,22). The second-order valence-electron chi connectivity index (χ2n) is 6.04. The molecule has 0 saturated heterocycles. The highest BCUT2D eigenvalue weighted by Crippen LogP contribution is 2.31. The zero-order valence-corrected chi connectivity index (χ0v) is 14.5. The second kappa shape index (κ2) is 8.03. The Hall–Kier alpha value is -2.53. The zero-order chi connectivity index (χ0) is 17.6. The van der Waals surface area contributed by atoms with Crippen LogP contribution in [0.15, 0.2) is 48.5 Å². The highest BCUT2D eigenvalue weighted by atomic mass is 16.5. The van der Waals surface area contributed by atoms with E-state index in [0.29, 0.717) is 13.2 Å². The van der Waals surface area contributed by atoms with Crippen LogP contribution in [0.5, 0.6) is 11.5 Å². The molecule has 2 unspecified atom stereocenters. The van der Waals surface area contributed by atoms with Crippen LogP contribution in [0.3, 0.4) is 0 Å². The van der Waals surface area contributed by atoms with Gasteiger partial charge in [0.25, 0.3) is 0 Å². The molecule has 1 amide bonds. The monoisotopic (exact) mass is 341 g/mol. The largest absolute Gasteiger partial charge is 0.497 e. The summed E-state index contributed by atoms with van der Waals surface area (Å²) < 4.78 is 16.5. The van der Waals surface area contributed by atoms with Gasteiger partial charge in [0, 0.05) is 12.0 Å². The third-order valence-electron chi connectivity index (χ3n) is 4.28. The molecule has 3 rings (SSSR count). The highest BCUT2D eigenvalue weighted by molar-refractivity contribution is 5.81. The molecule has 1 aliphatic heterocycles. The van der Waals surface area contributed by atoms with E-state index in [1.54, 1.807) is 14.0 Å². The Balaban J connectivity index is 1.56.